The number of nitrogens with two attached hydrogens (primary N) is 1. The molecule has 1 saturated heterocycles. The number of nitrogen functional groups attached to an aromatic ring is 1. The molecule has 1 aromatic heterocycles. The van der Waals surface area contributed by atoms with Gasteiger partial charge in [-0.15, -0.1) is 0 Å². The summed E-state index contributed by atoms with van der Waals surface area (Å²) < 4.78 is 4.41. The molecule has 0 unspecified atom stereocenters. The number of hydrogen-bond acceptors (Lipinski definition) is 5. The molecular formula is C15H24N4S. The van der Waals surface area contributed by atoms with E-state index in [0.717, 1.165) is 24.9 Å². The average molecular weight is 292 g/mol. The first-order chi connectivity index (χ1) is 9.83. The Morgan fingerprint density at radius 1 is 1.00 bits per heavy atom. The summed E-state index contributed by atoms with van der Waals surface area (Å²) in [7, 11) is 0. The largest absolute Gasteiger partial charge is 0.383 e. The van der Waals surface area contributed by atoms with Crippen LogP contribution in [0, 0.1) is 0 Å². The minimum atomic E-state index is 0.705. The summed E-state index contributed by atoms with van der Waals surface area (Å²) in [5.74, 6) is 1.50. The monoisotopic (exact) mass is 292 g/mol. The maximum Gasteiger partial charge on any atom is 0.142 e. The fraction of sp³-hybridized carbons (Fsp3) is 0.800. The van der Waals surface area contributed by atoms with Crippen LogP contribution >= 0.6 is 11.5 Å². The van der Waals surface area contributed by atoms with Gasteiger partial charge in [-0.3, -0.25) is 4.90 Å². The van der Waals surface area contributed by atoms with Gasteiger partial charge in [0, 0.05) is 37.8 Å². The molecule has 0 radical (unpaired) electrons. The van der Waals surface area contributed by atoms with Gasteiger partial charge >= 0.3 is 0 Å². The fourth-order valence-electron chi connectivity index (χ4n) is 3.84. The van der Waals surface area contributed by atoms with Crippen molar-refractivity contribution in [1.29, 1.82) is 0 Å². The first kappa shape index (κ1) is 12.9. The maximum atomic E-state index is 6.08. The zero-order valence-corrected chi connectivity index (χ0v) is 12.9. The summed E-state index contributed by atoms with van der Waals surface area (Å²) in [6.45, 7) is 4.73. The lowest BCUT2D eigenvalue weighted by molar-refractivity contribution is 0.188. The highest BCUT2D eigenvalue weighted by molar-refractivity contribution is 7.10. The minimum absolute atomic E-state index is 0.705. The molecule has 5 heteroatoms. The van der Waals surface area contributed by atoms with E-state index < -0.39 is 0 Å². The fourth-order valence-corrected chi connectivity index (χ4v) is 4.79. The molecule has 20 heavy (non-hydrogen) atoms. The van der Waals surface area contributed by atoms with E-state index in [0.29, 0.717) is 5.92 Å². The van der Waals surface area contributed by atoms with Crippen LogP contribution in [0.2, 0.25) is 0 Å². The summed E-state index contributed by atoms with van der Waals surface area (Å²) in [6.07, 6.45) is 8.31. The minimum Gasteiger partial charge on any atom is -0.383 e. The van der Waals surface area contributed by atoms with Gasteiger partial charge in [-0.2, -0.15) is 4.37 Å². The number of piperazine rings is 1. The molecule has 3 fully saturated rings. The molecule has 1 aliphatic heterocycles. The summed E-state index contributed by atoms with van der Waals surface area (Å²) in [5.41, 5.74) is 7.44. The van der Waals surface area contributed by atoms with Crippen LogP contribution in [0.15, 0.2) is 0 Å². The lowest BCUT2D eigenvalue weighted by Crippen LogP contribution is -2.49. The Hall–Kier alpha value is -0.810. The van der Waals surface area contributed by atoms with Gasteiger partial charge in [-0.1, -0.05) is 12.8 Å². The van der Waals surface area contributed by atoms with E-state index in [1.165, 1.54) is 62.2 Å². The first-order valence-electron chi connectivity index (χ1n) is 8.07. The van der Waals surface area contributed by atoms with E-state index in [1.54, 1.807) is 11.5 Å². The lowest BCUT2D eigenvalue weighted by atomic mass is 10.1. The molecule has 110 valence electrons. The Bertz CT molecular complexity index is 468. The smallest absolute Gasteiger partial charge is 0.142 e. The second-order valence-electron chi connectivity index (χ2n) is 6.52. The van der Waals surface area contributed by atoms with Gasteiger partial charge in [0.1, 0.15) is 10.8 Å². The molecule has 0 spiro atoms. The summed E-state index contributed by atoms with van der Waals surface area (Å²) in [6, 6.07) is 0.867. The average Bonchev–Trinajstić information content (AvgIpc) is 3.02. The topological polar surface area (TPSA) is 45.4 Å². The van der Waals surface area contributed by atoms with Crippen LogP contribution in [0.3, 0.4) is 0 Å². The van der Waals surface area contributed by atoms with Gasteiger partial charge in [-0.05, 0) is 43.1 Å². The second-order valence-corrected chi connectivity index (χ2v) is 7.27. The number of aromatic nitrogens is 1. The summed E-state index contributed by atoms with van der Waals surface area (Å²) in [5, 5.41) is 1.37. The summed E-state index contributed by atoms with van der Waals surface area (Å²) in [4.78, 5) is 5.25. The number of rotatable bonds is 3. The Balaban J connectivity index is 1.43. The zero-order chi connectivity index (χ0) is 13.5. The van der Waals surface area contributed by atoms with Crippen LogP contribution in [0.5, 0.6) is 0 Å². The van der Waals surface area contributed by atoms with Crippen molar-refractivity contribution in [2.75, 3.05) is 36.8 Å². The van der Waals surface area contributed by atoms with Crippen LogP contribution in [0.4, 0.5) is 10.8 Å². The molecule has 1 aromatic rings. The van der Waals surface area contributed by atoms with Crippen LogP contribution in [-0.4, -0.2) is 41.5 Å². The number of nitrogens with zero attached hydrogens (tertiary/aromatic N) is 3. The Morgan fingerprint density at radius 3 is 2.35 bits per heavy atom. The molecule has 4 rings (SSSR count). The Labute approximate surface area is 125 Å². The third-order valence-electron chi connectivity index (χ3n) is 5.16. The third-order valence-corrected chi connectivity index (χ3v) is 6.10. The van der Waals surface area contributed by atoms with Crippen LogP contribution in [0.25, 0.3) is 0 Å². The highest BCUT2D eigenvalue weighted by Crippen LogP contribution is 2.49. The maximum absolute atomic E-state index is 6.08. The van der Waals surface area contributed by atoms with Gasteiger partial charge in [0.15, 0.2) is 0 Å². The van der Waals surface area contributed by atoms with Gasteiger partial charge < -0.3 is 10.6 Å². The van der Waals surface area contributed by atoms with Crippen molar-refractivity contribution in [2.45, 2.75) is 50.5 Å². The van der Waals surface area contributed by atoms with E-state index in [2.05, 4.69) is 14.2 Å². The lowest BCUT2D eigenvalue weighted by Gasteiger charge is -2.38. The van der Waals surface area contributed by atoms with Crippen molar-refractivity contribution < 1.29 is 0 Å². The van der Waals surface area contributed by atoms with Gasteiger partial charge in [0.2, 0.25) is 0 Å². The normalized spacial score (nSPS) is 25.5. The molecule has 2 heterocycles. The molecule has 3 aliphatic rings. The molecule has 0 bridgehead atoms. The molecule has 4 nitrogen and oxygen atoms in total. The highest BCUT2D eigenvalue weighted by atomic mass is 32.1. The molecule has 0 atom stereocenters. The molecule has 0 aromatic carbocycles. The molecular weight excluding hydrogens is 268 g/mol. The summed E-state index contributed by atoms with van der Waals surface area (Å²) >= 11 is 1.62. The van der Waals surface area contributed by atoms with Crippen LogP contribution < -0.4 is 10.6 Å². The van der Waals surface area contributed by atoms with Crippen molar-refractivity contribution in [2.24, 2.45) is 0 Å². The van der Waals surface area contributed by atoms with E-state index in [-0.39, 0.29) is 0 Å². The predicted octanol–water partition coefficient (Wildman–Crippen LogP) is 2.67. The van der Waals surface area contributed by atoms with Crippen molar-refractivity contribution in [1.82, 2.24) is 9.27 Å². The van der Waals surface area contributed by atoms with Gasteiger partial charge in [0.05, 0.1) is 0 Å². The van der Waals surface area contributed by atoms with Gasteiger partial charge in [-0.25, -0.2) is 0 Å². The standard InChI is InChI=1S/C15H24N4S/c16-14-13(11-5-6-11)15(20-17-14)19-9-7-18(8-10-19)12-3-1-2-4-12/h11-12H,1-10H2,(H2,16,17). The van der Waals surface area contributed by atoms with Gasteiger partial charge in [0.25, 0.3) is 0 Å². The second kappa shape index (κ2) is 5.19. The Kier molecular flexibility index (Phi) is 3.34. The first-order valence-corrected chi connectivity index (χ1v) is 8.84. The highest BCUT2D eigenvalue weighted by Gasteiger charge is 2.34. The van der Waals surface area contributed by atoms with E-state index in [1.807, 2.05) is 0 Å². The number of hydrogen-bond donors (Lipinski definition) is 1. The molecule has 2 saturated carbocycles. The quantitative estimate of drug-likeness (QED) is 0.930. The number of anilines is 2. The predicted molar refractivity (Wildman–Crippen MR) is 84.5 cm³/mol. The van der Waals surface area contributed by atoms with E-state index in [4.69, 9.17) is 5.73 Å². The zero-order valence-electron chi connectivity index (χ0n) is 12.1. The molecule has 2 N–H and O–H groups in total. The van der Waals surface area contributed by atoms with Crippen molar-refractivity contribution >= 4 is 22.4 Å². The van der Waals surface area contributed by atoms with E-state index in [9.17, 15) is 0 Å². The van der Waals surface area contributed by atoms with Crippen molar-refractivity contribution in [3.63, 3.8) is 0 Å². The molecule has 2 aliphatic carbocycles. The third kappa shape index (κ3) is 2.31. The SMILES string of the molecule is Nc1nsc(N2CCN(C3CCCC3)CC2)c1C1CC1. The molecule has 0 amide bonds. The Morgan fingerprint density at radius 2 is 1.70 bits per heavy atom. The van der Waals surface area contributed by atoms with Crippen LogP contribution in [0.1, 0.15) is 50.0 Å². The van der Waals surface area contributed by atoms with Crippen molar-refractivity contribution in [3.8, 4) is 0 Å². The van der Waals surface area contributed by atoms with Crippen LogP contribution in [-0.2, 0) is 0 Å². The van der Waals surface area contributed by atoms with E-state index >= 15 is 0 Å². The van der Waals surface area contributed by atoms with Crippen molar-refractivity contribution in [3.05, 3.63) is 5.56 Å².